The van der Waals surface area contributed by atoms with Gasteiger partial charge in [-0.05, 0) is 63.4 Å². The molecular formula is C17H28N2O. The third kappa shape index (κ3) is 2.66. The number of hydrogen-bond acceptors (Lipinski definition) is 3. The zero-order chi connectivity index (χ0) is 13.8. The SMILES string of the molecule is CCNC(Cc1ccoc1)C1(N2CCCC2)CCCC1. The number of furan rings is 1. The number of likely N-dealkylation sites (N-methyl/N-ethyl adjacent to an activating group) is 1. The summed E-state index contributed by atoms with van der Waals surface area (Å²) in [6.45, 7) is 5.88. The van der Waals surface area contributed by atoms with Crippen molar-refractivity contribution >= 4 is 0 Å². The van der Waals surface area contributed by atoms with E-state index in [1.54, 1.807) is 6.26 Å². The molecule has 112 valence electrons. The van der Waals surface area contributed by atoms with Gasteiger partial charge >= 0.3 is 0 Å². The van der Waals surface area contributed by atoms with Crippen molar-refractivity contribution < 1.29 is 4.42 Å². The molecular weight excluding hydrogens is 248 g/mol. The molecule has 1 saturated carbocycles. The van der Waals surface area contributed by atoms with Crippen LogP contribution in [-0.4, -0.2) is 36.1 Å². The van der Waals surface area contributed by atoms with Crippen LogP contribution in [0.3, 0.4) is 0 Å². The van der Waals surface area contributed by atoms with Gasteiger partial charge in [-0.3, -0.25) is 4.90 Å². The second kappa shape index (κ2) is 6.31. The van der Waals surface area contributed by atoms with Gasteiger partial charge in [0.1, 0.15) is 0 Å². The number of nitrogens with zero attached hydrogens (tertiary/aromatic N) is 1. The lowest BCUT2D eigenvalue weighted by Gasteiger charge is -2.45. The second-order valence-electron chi connectivity index (χ2n) is 6.45. The van der Waals surface area contributed by atoms with Crippen molar-refractivity contribution in [3.05, 3.63) is 24.2 Å². The van der Waals surface area contributed by atoms with E-state index in [1.807, 2.05) is 6.26 Å². The van der Waals surface area contributed by atoms with Gasteiger partial charge in [0.05, 0.1) is 12.5 Å². The maximum absolute atomic E-state index is 5.27. The topological polar surface area (TPSA) is 28.4 Å². The van der Waals surface area contributed by atoms with E-state index < -0.39 is 0 Å². The molecule has 2 aliphatic rings. The molecule has 0 spiro atoms. The van der Waals surface area contributed by atoms with Crippen LogP contribution in [0.4, 0.5) is 0 Å². The minimum absolute atomic E-state index is 0.393. The predicted octanol–water partition coefficient (Wildman–Crippen LogP) is 3.21. The first-order chi connectivity index (χ1) is 9.85. The van der Waals surface area contributed by atoms with E-state index in [2.05, 4.69) is 23.2 Å². The molecule has 1 aliphatic carbocycles. The minimum Gasteiger partial charge on any atom is -0.472 e. The van der Waals surface area contributed by atoms with Gasteiger partial charge in [0.2, 0.25) is 0 Å². The maximum atomic E-state index is 5.27. The first kappa shape index (κ1) is 14.2. The fraction of sp³-hybridized carbons (Fsp3) is 0.765. The molecule has 20 heavy (non-hydrogen) atoms. The Balaban J connectivity index is 1.81. The van der Waals surface area contributed by atoms with E-state index >= 15 is 0 Å². The summed E-state index contributed by atoms with van der Waals surface area (Å²) in [5.74, 6) is 0. The van der Waals surface area contributed by atoms with Gasteiger partial charge < -0.3 is 9.73 Å². The fourth-order valence-electron chi connectivity index (χ4n) is 4.38. The van der Waals surface area contributed by atoms with Gasteiger partial charge in [-0.15, -0.1) is 0 Å². The van der Waals surface area contributed by atoms with Crippen LogP contribution in [-0.2, 0) is 6.42 Å². The first-order valence-electron chi connectivity index (χ1n) is 8.35. The Hall–Kier alpha value is -0.800. The summed E-state index contributed by atoms with van der Waals surface area (Å²) in [4.78, 5) is 2.80. The predicted molar refractivity (Wildman–Crippen MR) is 81.9 cm³/mol. The zero-order valence-corrected chi connectivity index (χ0v) is 12.7. The van der Waals surface area contributed by atoms with E-state index in [0.29, 0.717) is 11.6 Å². The normalized spacial score (nSPS) is 24.2. The summed E-state index contributed by atoms with van der Waals surface area (Å²) < 4.78 is 5.27. The molecule has 3 rings (SSSR count). The molecule has 0 amide bonds. The Kier molecular flexibility index (Phi) is 4.47. The summed E-state index contributed by atoms with van der Waals surface area (Å²) in [6.07, 6.45) is 13.1. The molecule has 1 aliphatic heterocycles. The van der Waals surface area contributed by atoms with Crippen molar-refractivity contribution in [3.8, 4) is 0 Å². The highest BCUT2D eigenvalue weighted by Gasteiger charge is 2.46. The molecule has 1 unspecified atom stereocenters. The van der Waals surface area contributed by atoms with Crippen LogP contribution in [0, 0.1) is 0 Å². The van der Waals surface area contributed by atoms with Crippen molar-refractivity contribution in [2.45, 2.75) is 63.5 Å². The monoisotopic (exact) mass is 276 g/mol. The van der Waals surface area contributed by atoms with E-state index in [-0.39, 0.29) is 0 Å². The molecule has 3 heteroatoms. The molecule has 0 radical (unpaired) electrons. The van der Waals surface area contributed by atoms with Crippen LogP contribution in [0.5, 0.6) is 0 Å². The molecule has 1 N–H and O–H groups in total. The highest BCUT2D eigenvalue weighted by molar-refractivity contribution is 5.13. The van der Waals surface area contributed by atoms with Crippen molar-refractivity contribution in [2.24, 2.45) is 0 Å². The van der Waals surface area contributed by atoms with E-state index in [0.717, 1.165) is 13.0 Å². The Morgan fingerprint density at radius 2 is 2.00 bits per heavy atom. The van der Waals surface area contributed by atoms with E-state index in [4.69, 9.17) is 4.42 Å². The lowest BCUT2D eigenvalue weighted by molar-refractivity contribution is 0.0772. The quantitative estimate of drug-likeness (QED) is 0.865. The Morgan fingerprint density at radius 3 is 2.60 bits per heavy atom. The van der Waals surface area contributed by atoms with Crippen molar-refractivity contribution in [1.29, 1.82) is 0 Å². The van der Waals surface area contributed by atoms with Gasteiger partial charge in [0.25, 0.3) is 0 Å². The van der Waals surface area contributed by atoms with Crippen LogP contribution in [0.2, 0.25) is 0 Å². The van der Waals surface area contributed by atoms with Crippen LogP contribution in [0.25, 0.3) is 0 Å². The molecule has 1 aromatic rings. The Bertz CT molecular complexity index is 389. The lowest BCUT2D eigenvalue weighted by atomic mass is 9.83. The highest BCUT2D eigenvalue weighted by Crippen LogP contribution is 2.41. The summed E-state index contributed by atoms with van der Waals surface area (Å²) >= 11 is 0. The van der Waals surface area contributed by atoms with Gasteiger partial charge in [0, 0.05) is 11.6 Å². The van der Waals surface area contributed by atoms with Gasteiger partial charge in [-0.1, -0.05) is 19.8 Å². The molecule has 3 nitrogen and oxygen atoms in total. The number of likely N-dealkylation sites (tertiary alicyclic amines) is 1. The van der Waals surface area contributed by atoms with Crippen molar-refractivity contribution in [2.75, 3.05) is 19.6 Å². The van der Waals surface area contributed by atoms with Gasteiger partial charge in [-0.25, -0.2) is 0 Å². The number of hydrogen-bond donors (Lipinski definition) is 1. The average Bonchev–Trinajstić information content (AvgIpc) is 3.20. The minimum atomic E-state index is 0.393. The highest BCUT2D eigenvalue weighted by atomic mass is 16.3. The molecule has 2 fully saturated rings. The molecule has 1 aromatic heterocycles. The number of nitrogens with one attached hydrogen (secondary N) is 1. The number of rotatable bonds is 6. The maximum Gasteiger partial charge on any atom is 0.0935 e. The average molecular weight is 276 g/mol. The largest absolute Gasteiger partial charge is 0.472 e. The van der Waals surface area contributed by atoms with E-state index in [1.165, 1.54) is 57.2 Å². The molecule has 2 heterocycles. The Labute approximate surface area is 122 Å². The van der Waals surface area contributed by atoms with Crippen LogP contribution in [0.1, 0.15) is 51.0 Å². The Morgan fingerprint density at radius 1 is 1.25 bits per heavy atom. The fourth-order valence-corrected chi connectivity index (χ4v) is 4.38. The second-order valence-corrected chi connectivity index (χ2v) is 6.45. The zero-order valence-electron chi connectivity index (χ0n) is 12.7. The van der Waals surface area contributed by atoms with E-state index in [9.17, 15) is 0 Å². The summed E-state index contributed by atoms with van der Waals surface area (Å²) in [6, 6.07) is 2.68. The smallest absolute Gasteiger partial charge is 0.0935 e. The van der Waals surface area contributed by atoms with Crippen LogP contribution < -0.4 is 5.32 Å². The first-order valence-corrected chi connectivity index (χ1v) is 8.35. The summed E-state index contributed by atoms with van der Waals surface area (Å²) in [7, 11) is 0. The molecule has 1 atom stereocenters. The third-order valence-corrected chi connectivity index (χ3v) is 5.32. The van der Waals surface area contributed by atoms with Crippen LogP contribution in [0.15, 0.2) is 23.0 Å². The van der Waals surface area contributed by atoms with Crippen molar-refractivity contribution in [3.63, 3.8) is 0 Å². The van der Waals surface area contributed by atoms with Gasteiger partial charge in [-0.2, -0.15) is 0 Å². The summed E-state index contributed by atoms with van der Waals surface area (Å²) in [5, 5.41) is 3.80. The molecule has 0 aromatic carbocycles. The molecule has 0 bridgehead atoms. The standard InChI is InChI=1S/C17H28N2O/c1-2-18-16(13-15-7-12-20-14-15)17(8-3-4-9-17)19-10-5-6-11-19/h7,12,14,16,18H,2-6,8-11,13H2,1H3. The van der Waals surface area contributed by atoms with Crippen LogP contribution >= 0.6 is 0 Å². The molecule has 1 saturated heterocycles. The summed E-state index contributed by atoms with van der Waals surface area (Å²) in [5.41, 5.74) is 1.73. The third-order valence-electron chi connectivity index (χ3n) is 5.32. The van der Waals surface area contributed by atoms with Gasteiger partial charge in [0.15, 0.2) is 0 Å². The lowest BCUT2D eigenvalue weighted by Crippen LogP contribution is -2.60. The van der Waals surface area contributed by atoms with Crippen molar-refractivity contribution in [1.82, 2.24) is 10.2 Å².